The van der Waals surface area contributed by atoms with Crippen LogP contribution in [-0.2, 0) is 11.4 Å². The number of rotatable bonds is 13. The Hall–Kier alpha value is -2.53. The van der Waals surface area contributed by atoms with E-state index in [0.29, 0.717) is 31.4 Å². The number of carbonyl (C=O) groups excluding carboxylic acids is 1. The molecule has 0 spiro atoms. The Labute approximate surface area is 200 Å². The van der Waals surface area contributed by atoms with Gasteiger partial charge in [0, 0.05) is 13.1 Å². The fourth-order valence-corrected chi connectivity index (χ4v) is 3.83. The minimum absolute atomic E-state index is 0.0916. The summed E-state index contributed by atoms with van der Waals surface area (Å²) in [4.78, 5) is 15.1. The fraction of sp³-hybridized carbons (Fsp3) is 0.536. The van der Waals surface area contributed by atoms with Gasteiger partial charge in [-0.05, 0) is 56.2 Å². The highest BCUT2D eigenvalue weighted by Gasteiger charge is 2.28. The van der Waals surface area contributed by atoms with Gasteiger partial charge in [0.15, 0.2) is 0 Å². The Bertz CT molecular complexity index is 849. The number of nitrogens with two attached hydrogens (primary N) is 1. The van der Waals surface area contributed by atoms with Crippen molar-refractivity contribution in [2.24, 2.45) is 17.6 Å². The zero-order valence-corrected chi connectivity index (χ0v) is 21.3. The minimum Gasteiger partial charge on any atom is -0.487 e. The molecule has 182 valence electrons. The third-order valence-electron chi connectivity index (χ3n) is 5.53. The molecule has 0 bridgehead atoms. The summed E-state index contributed by atoms with van der Waals surface area (Å²) in [6, 6.07) is 17.9. The van der Waals surface area contributed by atoms with Gasteiger partial charge in [0.2, 0.25) is 5.91 Å². The van der Waals surface area contributed by atoms with Gasteiger partial charge >= 0.3 is 0 Å². The number of anilines is 1. The van der Waals surface area contributed by atoms with Crippen LogP contribution in [0.25, 0.3) is 0 Å². The van der Waals surface area contributed by atoms with Gasteiger partial charge in [-0.15, -0.1) is 0 Å². The van der Waals surface area contributed by atoms with E-state index >= 15 is 0 Å². The van der Waals surface area contributed by atoms with Crippen LogP contribution < -0.4 is 20.7 Å². The van der Waals surface area contributed by atoms with Crippen molar-refractivity contribution in [3.8, 4) is 5.75 Å². The van der Waals surface area contributed by atoms with Gasteiger partial charge in [0.25, 0.3) is 0 Å². The molecular weight excluding hydrogens is 410 g/mol. The first-order chi connectivity index (χ1) is 15.6. The van der Waals surface area contributed by atoms with Gasteiger partial charge in [-0.1, -0.05) is 70.2 Å². The largest absolute Gasteiger partial charge is 0.487 e. The van der Waals surface area contributed by atoms with Crippen molar-refractivity contribution in [1.82, 2.24) is 5.32 Å². The van der Waals surface area contributed by atoms with Gasteiger partial charge in [0.05, 0.1) is 17.3 Å². The number of amides is 1. The lowest BCUT2D eigenvalue weighted by atomic mass is 9.99. The molecule has 0 aromatic heterocycles. The average molecular weight is 454 g/mol. The van der Waals surface area contributed by atoms with Crippen LogP contribution in [0.3, 0.4) is 0 Å². The third-order valence-corrected chi connectivity index (χ3v) is 5.53. The Kier molecular flexibility index (Phi) is 10.2. The molecule has 1 amide bonds. The molecule has 1 unspecified atom stereocenters. The van der Waals surface area contributed by atoms with Crippen LogP contribution in [0.5, 0.6) is 5.75 Å². The summed E-state index contributed by atoms with van der Waals surface area (Å²) in [6.07, 6.45) is 1.72. The predicted octanol–water partition coefficient (Wildman–Crippen LogP) is 5.39. The maximum atomic E-state index is 12.7. The third kappa shape index (κ3) is 9.47. The number of para-hydroxylation sites is 2. The lowest BCUT2D eigenvalue weighted by Crippen LogP contribution is -2.56. The molecule has 1 atom stereocenters. The highest BCUT2D eigenvalue weighted by Crippen LogP contribution is 2.30. The number of nitrogens with one attached hydrogen (secondary N) is 1. The van der Waals surface area contributed by atoms with Crippen LogP contribution >= 0.6 is 0 Å². The Morgan fingerprint density at radius 3 is 2.27 bits per heavy atom. The molecule has 3 N–H and O–H groups in total. The van der Waals surface area contributed by atoms with E-state index in [2.05, 4.69) is 70.0 Å². The van der Waals surface area contributed by atoms with E-state index in [-0.39, 0.29) is 5.91 Å². The highest BCUT2D eigenvalue weighted by atomic mass is 16.5. The molecule has 0 aliphatic rings. The zero-order valence-electron chi connectivity index (χ0n) is 21.3. The van der Waals surface area contributed by atoms with Crippen molar-refractivity contribution in [1.29, 1.82) is 0 Å². The standard InChI is InChI=1S/C28H43N3O2/c1-21(2)16-17-31(20-28(5,6)30-27(32)24(29)18-22(3)4)25-14-10-11-15-26(25)33-19-23-12-8-7-9-13-23/h7-15,21-22,24H,16-20,29H2,1-6H3,(H,30,32). The molecule has 5 nitrogen and oxygen atoms in total. The summed E-state index contributed by atoms with van der Waals surface area (Å²) in [7, 11) is 0. The van der Waals surface area contributed by atoms with Crippen LogP contribution in [0.15, 0.2) is 54.6 Å². The van der Waals surface area contributed by atoms with Gasteiger partial charge < -0.3 is 20.7 Å². The molecule has 5 heteroatoms. The number of hydrogen-bond acceptors (Lipinski definition) is 4. The molecule has 0 heterocycles. The van der Waals surface area contributed by atoms with Gasteiger partial charge in [0.1, 0.15) is 12.4 Å². The Balaban J connectivity index is 2.19. The predicted molar refractivity (Wildman–Crippen MR) is 139 cm³/mol. The lowest BCUT2D eigenvalue weighted by Gasteiger charge is -2.36. The van der Waals surface area contributed by atoms with Crippen LogP contribution in [0, 0.1) is 11.8 Å². The molecule has 2 aromatic carbocycles. The summed E-state index contributed by atoms with van der Waals surface area (Å²) in [5.74, 6) is 1.71. The number of nitrogens with zero attached hydrogens (tertiary/aromatic N) is 1. The zero-order chi connectivity index (χ0) is 24.4. The monoisotopic (exact) mass is 453 g/mol. The van der Waals surface area contributed by atoms with E-state index in [9.17, 15) is 4.79 Å². The maximum absolute atomic E-state index is 12.7. The molecule has 2 rings (SSSR count). The van der Waals surface area contributed by atoms with E-state index in [1.54, 1.807) is 0 Å². The van der Waals surface area contributed by atoms with Crippen molar-refractivity contribution in [2.45, 2.75) is 72.6 Å². The van der Waals surface area contributed by atoms with Crippen LogP contribution in [-0.4, -0.2) is 30.6 Å². The molecule has 33 heavy (non-hydrogen) atoms. The molecule has 0 aliphatic heterocycles. The molecule has 0 saturated carbocycles. The van der Waals surface area contributed by atoms with E-state index in [0.717, 1.165) is 30.0 Å². The van der Waals surface area contributed by atoms with Crippen molar-refractivity contribution in [3.05, 3.63) is 60.2 Å². The second kappa shape index (κ2) is 12.6. The fourth-order valence-electron chi connectivity index (χ4n) is 3.83. The molecule has 0 saturated heterocycles. The summed E-state index contributed by atoms with van der Waals surface area (Å²) < 4.78 is 6.24. The summed E-state index contributed by atoms with van der Waals surface area (Å²) in [5, 5.41) is 3.18. The van der Waals surface area contributed by atoms with Crippen molar-refractivity contribution in [3.63, 3.8) is 0 Å². The van der Waals surface area contributed by atoms with Crippen molar-refractivity contribution >= 4 is 11.6 Å². The second-order valence-electron chi connectivity index (χ2n) is 10.5. The molecule has 0 aliphatic carbocycles. The van der Waals surface area contributed by atoms with E-state index in [4.69, 9.17) is 10.5 Å². The maximum Gasteiger partial charge on any atom is 0.237 e. The SMILES string of the molecule is CC(C)CCN(CC(C)(C)NC(=O)C(N)CC(C)C)c1ccccc1OCc1ccccc1. The first-order valence-electron chi connectivity index (χ1n) is 12.2. The van der Waals surface area contributed by atoms with E-state index < -0.39 is 11.6 Å². The summed E-state index contributed by atoms with van der Waals surface area (Å²) in [5.41, 5.74) is 7.87. The quantitative estimate of drug-likeness (QED) is 0.427. The second-order valence-corrected chi connectivity index (χ2v) is 10.5. The number of carbonyl (C=O) groups is 1. The molecule has 2 aromatic rings. The number of benzene rings is 2. The van der Waals surface area contributed by atoms with E-state index in [1.807, 2.05) is 36.4 Å². The number of ether oxygens (including phenoxy) is 1. The molecular formula is C28H43N3O2. The van der Waals surface area contributed by atoms with Gasteiger partial charge in [-0.2, -0.15) is 0 Å². The average Bonchev–Trinajstić information content (AvgIpc) is 2.75. The van der Waals surface area contributed by atoms with Gasteiger partial charge in [-0.25, -0.2) is 0 Å². The van der Waals surface area contributed by atoms with Crippen LogP contribution in [0.2, 0.25) is 0 Å². The van der Waals surface area contributed by atoms with Crippen molar-refractivity contribution in [2.75, 3.05) is 18.0 Å². The highest BCUT2D eigenvalue weighted by molar-refractivity contribution is 5.82. The summed E-state index contributed by atoms with van der Waals surface area (Å²) >= 11 is 0. The normalized spacial score (nSPS) is 12.6. The Morgan fingerprint density at radius 2 is 1.64 bits per heavy atom. The van der Waals surface area contributed by atoms with Crippen LogP contribution in [0.4, 0.5) is 5.69 Å². The summed E-state index contributed by atoms with van der Waals surface area (Å²) in [6.45, 7) is 14.8. The van der Waals surface area contributed by atoms with Crippen molar-refractivity contribution < 1.29 is 9.53 Å². The molecule has 0 fully saturated rings. The van der Waals surface area contributed by atoms with Gasteiger partial charge in [-0.3, -0.25) is 4.79 Å². The lowest BCUT2D eigenvalue weighted by molar-refractivity contribution is -0.124. The topological polar surface area (TPSA) is 67.6 Å². The Morgan fingerprint density at radius 1 is 1.00 bits per heavy atom. The number of hydrogen-bond donors (Lipinski definition) is 2. The minimum atomic E-state index is -0.491. The van der Waals surface area contributed by atoms with Crippen LogP contribution in [0.1, 0.15) is 59.9 Å². The first kappa shape index (κ1) is 26.7. The molecule has 0 radical (unpaired) electrons. The smallest absolute Gasteiger partial charge is 0.237 e. The van der Waals surface area contributed by atoms with E-state index in [1.165, 1.54) is 0 Å². The first-order valence-corrected chi connectivity index (χ1v) is 12.2.